The standard InChI is InChI=1S/C32H42F3N7O3/c1-20-14-39(25(13-36-20)15-38-9-10-45-18-21(38)2)17-28(43)40-19-32(3,4)29-26(40)12-23(11-22-5-7-24(33)8-6-22)30-37-41(16-27(34)35)31(44)42(29)30/h5-8,12,20-21,25,27,36H,9-11,13-19H2,1-4H3/t20-,21-,25-/m1/s1. The Kier molecular flexibility index (Phi) is 8.81. The van der Waals surface area contributed by atoms with E-state index in [0.717, 1.165) is 29.9 Å². The first-order valence-corrected chi connectivity index (χ1v) is 15.7. The van der Waals surface area contributed by atoms with E-state index in [2.05, 4.69) is 34.1 Å². The zero-order valence-electron chi connectivity index (χ0n) is 26.3. The Morgan fingerprint density at radius 2 is 1.93 bits per heavy atom. The van der Waals surface area contributed by atoms with Crippen LogP contribution in [0.4, 0.5) is 18.9 Å². The number of nitrogens with zero attached hydrogens (tertiary/aromatic N) is 6. The average molecular weight is 630 g/mol. The Morgan fingerprint density at radius 1 is 1.18 bits per heavy atom. The Labute approximate surface area is 260 Å². The molecule has 3 atom stereocenters. The van der Waals surface area contributed by atoms with Crippen molar-refractivity contribution in [2.24, 2.45) is 0 Å². The second-order valence-electron chi connectivity index (χ2n) is 13.4. The van der Waals surface area contributed by atoms with E-state index in [9.17, 15) is 22.8 Å². The lowest BCUT2D eigenvalue weighted by Crippen LogP contribution is -2.62. The van der Waals surface area contributed by atoms with Gasteiger partial charge in [0.1, 0.15) is 12.4 Å². The third kappa shape index (κ3) is 6.40. The molecule has 6 rings (SSSR count). The monoisotopic (exact) mass is 629 g/mol. The number of amides is 1. The van der Waals surface area contributed by atoms with Gasteiger partial charge in [-0.15, -0.1) is 5.10 Å². The number of carbonyl (C=O) groups excluding carboxylic acids is 1. The summed E-state index contributed by atoms with van der Waals surface area (Å²) in [6.45, 7) is 12.4. The molecule has 0 saturated carbocycles. The van der Waals surface area contributed by atoms with Crippen molar-refractivity contribution < 1.29 is 22.7 Å². The van der Waals surface area contributed by atoms with Gasteiger partial charge in [-0.25, -0.2) is 27.0 Å². The number of aromatic nitrogens is 3. The second kappa shape index (κ2) is 12.5. The maximum Gasteiger partial charge on any atom is 0.350 e. The van der Waals surface area contributed by atoms with Crippen LogP contribution >= 0.6 is 0 Å². The number of rotatable bonds is 8. The lowest BCUT2D eigenvalue weighted by molar-refractivity contribution is -0.121. The molecule has 3 aromatic rings. The Bertz CT molecular complexity index is 1610. The van der Waals surface area contributed by atoms with Crippen molar-refractivity contribution in [3.8, 4) is 0 Å². The zero-order chi connectivity index (χ0) is 32.0. The average Bonchev–Trinajstić information content (AvgIpc) is 3.44. The van der Waals surface area contributed by atoms with Crippen molar-refractivity contribution in [1.29, 1.82) is 0 Å². The van der Waals surface area contributed by atoms with E-state index in [1.807, 2.05) is 19.9 Å². The molecule has 0 radical (unpaired) electrons. The van der Waals surface area contributed by atoms with Gasteiger partial charge in [-0.1, -0.05) is 26.0 Å². The number of pyridine rings is 1. The number of piperazine rings is 1. The van der Waals surface area contributed by atoms with Crippen LogP contribution in [0.15, 0.2) is 35.1 Å². The van der Waals surface area contributed by atoms with Gasteiger partial charge in [0.2, 0.25) is 5.91 Å². The minimum absolute atomic E-state index is 0.0870. The molecule has 3 aliphatic rings. The highest BCUT2D eigenvalue weighted by molar-refractivity contribution is 5.97. The molecule has 10 nitrogen and oxygen atoms in total. The van der Waals surface area contributed by atoms with Crippen molar-refractivity contribution in [3.05, 3.63) is 63.5 Å². The van der Waals surface area contributed by atoms with Crippen LogP contribution in [0, 0.1) is 5.82 Å². The highest BCUT2D eigenvalue weighted by Crippen LogP contribution is 2.42. The largest absolute Gasteiger partial charge is 0.379 e. The van der Waals surface area contributed by atoms with Crippen molar-refractivity contribution in [2.45, 2.75) is 70.6 Å². The molecule has 13 heteroatoms. The molecular weight excluding hydrogens is 587 g/mol. The number of benzene rings is 1. The van der Waals surface area contributed by atoms with Crippen molar-refractivity contribution in [2.75, 3.05) is 57.4 Å². The van der Waals surface area contributed by atoms with Crippen molar-refractivity contribution in [3.63, 3.8) is 0 Å². The molecule has 3 aliphatic heterocycles. The van der Waals surface area contributed by atoms with Crippen molar-refractivity contribution >= 4 is 17.2 Å². The van der Waals surface area contributed by atoms with Gasteiger partial charge >= 0.3 is 5.69 Å². The number of anilines is 1. The van der Waals surface area contributed by atoms with Gasteiger partial charge in [0.05, 0.1) is 31.1 Å². The lowest BCUT2D eigenvalue weighted by Gasteiger charge is -2.43. The molecule has 45 heavy (non-hydrogen) atoms. The van der Waals surface area contributed by atoms with Crippen LogP contribution in [0.25, 0.3) is 5.65 Å². The van der Waals surface area contributed by atoms with Gasteiger partial charge < -0.3 is 15.0 Å². The van der Waals surface area contributed by atoms with Gasteiger partial charge in [0, 0.05) is 68.2 Å². The SMILES string of the molecule is C[C@@H]1CN(CC(=O)N2CC(C)(C)c3c2cc(Cc2ccc(F)cc2)c2nn(CC(F)F)c(=O)n32)[C@@H](CN2CCOC[C@H]2C)CN1. The molecular formula is C32H42F3N7O3. The van der Waals surface area contributed by atoms with E-state index >= 15 is 0 Å². The van der Waals surface area contributed by atoms with E-state index < -0.39 is 24.1 Å². The first-order valence-electron chi connectivity index (χ1n) is 15.7. The number of hydrogen-bond acceptors (Lipinski definition) is 7. The zero-order valence-corrected chi connectivity index (χ0v) is 26.3. The predicted octanol–water partition coefficient (Wildman–Crippen LogP) is 2.50. The first-order chi connectivity index (χ1) is 21.4. The summed E-state index contributed by atoms with van der Waals surface area (Å²) in [5.41, 5.74) is 1.46. The molecule has 2 fully saturated rings. The summed E-state index contributed by atoms with van der Waals surface area (Å²) in [5, 5.41) is 7.90. The van der Waals surface area contributed by atoms with E-state index in [1.54, 1.807) is 17.0 Å². The van der Waals surface area contributed by atoms with Crippen LogP contribution in [-0.4, -0.2) is 107 Å². The topological polar surface area (TPSA) is 87.4 Å². The van der Waals surface area contributed by atoms with Gasteiger partial charge in [-0.2, -0.15) is 0 Å². The van der Waals surface area contributed by atoms with Gasteiger partial charge in [-0.05, 0) is 37.6 Å². The molecule has 244 valence electrons. The third-order valence-corrected chi connectivity index (χ3v) is 9.32. The fourth-order valence-electron chi connectivity index (χ4n) is 7.03. The van der Waals surface area contributed by atoms with Crippen LogP contribution in [0.5, 0.6) is 0 Å². The summed E-state index contributed by atoms with van der Waals surface area (Å²) in [4.78, 5) is 34.2. The number of alkyl halides is 2. The fourth-order valence-corrected chi connectivity index (χ4v) is 7.03. The first kappa shape index (κ1) is 31.7. The number of fused-ring (bicyclic) bond motifs is 3. The van der Waals surface area contributed by atoms with Crippen LogP contribution in [-0.2, 0) is 27.9 Å². The third-order valence-electron chi connectivity index (χ3n) is 9.32. The highest BCUT2D eigenvalue weighted by Gasteiger charge is 2.43. The number of halogens is 3. The summed E-state index contributed by atoms with van der Waals surface area (Å²) in [6, 6.07) is 8.49. The lowest BCUT2D eigenvalue weighted by atomic mass is 9.90. The number of ether oxygens (including phenoxy) is 1. The van der Waals surface area contributed by atoms with E-state index in [-0.39, 0.29) is 42.4 Å². The molecule has 0 bridgehead atoms. The number of nitrogens with one attached hydrogen (secondary N) is 1. The summed E-state index contributed by atoms with van der Waals surface area (Å²) >= 11 is 0. The Balaban J connectivity index is 1.36. The highest BCUT2D eigenvalue weighted by atomic mass is 19.3. The van der Waals surface area contributed by atoms with Crippen LogP contribution < -0.4 is 15.9 Å². The molecule has 2 aromatic heterocycles. The van der Waals surface area contributed by atoms with Crippen molar-refractivity contribution in [1.82, 2.24) is 29.3 Å². The van der Waals surface area contributed by atoms with Crippen LogP contribution in [0.1, 0.15) is 44.5 Å². The number of carbonyl (C=O) groups is 1. The van der Waals surface area contributed by atoms with E-state index in [1.165, 1.54) is 16.5 Å². The molecule has 0 unspecified atom stereocenters. The molecule has 1 N–H and O–H groups in total. The number of morpholine rings is 1. The smallest absolute Gasteiger partial charge is 0.350 e. The van der Waals surface area contributed by atoms with Crippen LogP contribution in [0.2, 0.25) is 0 Å². The minimum Gasteiger partial charge on any atom is -0.379 e. The molecule has 0 spiro atoms. The summed E-state index contributed by atoms with van der Waals surface area (Å²) in [6.07, 6.45) is -2.48. The van der Waals surface area contributed by atoms with E-state index in [4.69, 9.17) is 4.74 Å². The van der Waals surface area contributed by atoms with Gasteiger partial charge in [0.15, 0.2) is 5.65 Å². The molecule has 2 saturated heterocycles. The summed E-state index contributed by atoms with van der Waals surface area (Å²) in [5.74, 6) is -0.464. The van der Waals surface area contributed by atoms with Gasteiger partial charge in [0.25, 0.3) is 6.43 Å². The second-order valence-corrected chi connectivity index (χ2v) is 13.4. The predicted molar refractivity (Wildman–Crippen MR) is 165 cm³/mol. The molecule has 5 heterocycles. The molecule has 1 amide bonds. The maximum atomic E-state index is 14.2. The maximum absolute atomic E-state index is 14.2. The normalized spacial score (nSPS) is 24.1. The van der Waals surface area contributed by atoms with Gasteiger partial charge in [-0.3, -0.25) is 14.6 Å². The minimum atomic E-state index is -2.76. The summed E-state index contributed by atoms with van der Waals surface area (Å²) in [7, 11) is 0. The summed E-state index contributed by atoms with van der Waals surface area (Å²) < 4.78 is 48.4. The fraction of sp³-hybridized carbons (Fsp3) is 0.594. The molecule has 0 aliphatic carbocycles. The van der Waals surface area contributed by atoms with Crippen LogP contribution in [0.3, 0.4) is 0 Å². The quantitative estimate of drug-likeness (QED) is 0.410. The van der Waals surface area contributed by atoms with E-state index in [0.29, 0.717) is 49.3 Å². The Hall–Kier alpha value is -3.26. The number of hydrogen-bond donors (Lipinski definition) is 1. The molecule has 1 aromatic carbocycles. The Morgan fingerprint density at radius 3 is 2.64 bits per heavy atom.